The van der Waals surface area contributed by atoms with Crippen LogP contribution in [0.5, 0.6) is 5.75 Å². The maximum atomic E-state index is 11.0. The Hall–Kier alpha value is -2.01. The summed E-state index contributed by atoms with van der Waals surface area (Å²) in [7, 11) is 1.60. The predicted molar refractivity (Wildman–Crippen MR) is 63.8 cm³/mol. The van der Waals surface area contributed by atoms with Crippen molar-refractivity contribution in [3.8, 4) is 5.75 Å². The van der Waals surface area contributed by atoms with Crippen LogP contribution in [0.15, 0.2) is 36.5 Å². The maximum absolute atomic E-state index is 11.0. The van der Waals surface area contributed by atoms with E-state index in [-0.39, 0.29) is 0 Å². The van der Waals surface area contributed by atoms with E-state index < -0.39 is 11.5 Å². The van der Waals surface area contributed by atoms with Gasteiger partial charge in [-0.3, -0.25) is 5.01 Å². The molecule has 2 N–H and O–H groups in total. The number of aliphatic carboxylic acids is 1. The van der Waals surface area contributed by atoms with Gasteiger partial charge in [0, 0.05) is 6.20 Å². The number of methoxy groups -OCH3 is 1. The van der Waals surface area contributed by atoms with Crippen molar-refractivity contribution in [2.45, 2.75) is 12.5 Å². The molecule has 0 fully saturated rings. The van der Waals surface area contributed by atoms with Crippen LogP contribution < -0.4 is 15.2 Å². The van der Waals surface area contributed by atoms with Crippen molar-refractivity contribution in [1.82, 2.24) is 5.43 Å². The SMILES string of the molecule is COc1ccc(N2C=CC(C)(C(=O)O)N2)cc1. The number of hydrazine groups is 1. The first kappa shape index (κ1) is 11.5. The molecule has 17 heavy (non-hydrogen) atoms. The summed E-state index contributed by atoms with van der Waals surface area (Å²) in [6, 6.07) is 7.34. The standard InChI is InChI=1S/C12H14N2O3/c1-12(11(15)16)7-8-14(13-12)9-3-5-10(17-2)6-4-9/h3-8,13H,1-2H3,(H,15,16). The Kier molecular flexibility index (Phi) is 2.77. The van der Waals surface area contributed by atoms with Gasteiger partial charge in [-0.05, 0) is 37.3 Å². The van der Waals surface area contributed by atoms with Gasteiger partial charge in [-0.15, -0.1) is 0 Å². The average Bonchev–Trinajstić information content (AvgIpc) is 2.74. The summed E-state index contributed by atoms with van der Waals surface area (Å²) in [4.78, 5) is 11.0. The zero-order chi connectivity index (χ0) is 12.5. The number of nitrogens with zero attached hydrogens (tertiary/aromatic N) is 1. The third-order valence-electron chi connectivity index (χ3n) is 2.70. The summed E-state index contributed by atoms with van der Waals surface area (Å²) >= 11 is 0. The molecule has 5 heteroatoms. The van der Waals surface area contributed by atoms with Gasteiger partial charge in [-0.25, -0.2) is 10.2 Å². The number of hydrogen-bond acceptors (Lipinski definition) is 4. The molecule has 0 saturated heterocycles. The second-order valence-electron chi connectivity index (χ2n) is 4.00. The molecule has 0 amide bonds. The Bertz CT molecular complexity index is 455. The van der Waals surface area contributed by atoms with Gasteiger partial charge in [-0.1, -0.05) is 0 Å². The topological polar surface area (TPSA) is 61.8 Å². The Balaban J connectivity index is 2.16. The molecule has 1 heterocycles. The lowest BCUT2D eigenvalue weighted by atomic mass is 10.1. The zero-order valence-corrected chi connectivity index (χ0v) is 9.68. The van der Waals surface area contributed by atoms with E-state index in [1.807, 2.05) is 24.3 Å². The van der Waals surface area contributed by atoms with Gasteiger partial charge in [0.05, 0.1) is 12.8 Å². The molecule has 1 aromatic carbocycles. The van der Waals surface area contributed by atoms with Gasteiger partial charge < -0.3 is 9.84 Å². The summed E-state index contributed by atoms with van der Waals surface area (Å²) in [6.45, 7) is 1.61. The lowest BCUT2D eigenvalue weighted by molar-refractivity contribution is -0.141. The molecule has 1 aliphatic heterocycles. The van der Waals surface area contributed by atoms with Gasteiger partial charge in [0.1, 0.15) is 5.75 Å². The van der Waals surface area contributed by atoms with Gasteiger partial charge in [0.2, 0.25) is 0 Å². The van der Waals surface area contributed by atoms with E-state index in [9.17, 15) is 4.79 Å². The minimum Gasteiger partial charge on any atom is -0.497 e. The highest BCUT2D eigenvalue weighted by molar-refractivity contribution is 5.82. The molecule has 1 unspecified atom stereocenters. The fraction of sp³-hybridized carbons (Fsp3) is 0.250. The Morgan fingerprint density at radius 2 is 2.06 bits per heavy atom. The summed E-state index contributed by atoms with van der Waals surface area (Å²) in [5.74, 6) is -0.150. The fourth-order valence-electron chi connectivity index (χ4n) is 1.56. The van der Waals surface area contributed by atoms with Gasteiger partial charge in [0.25, 0.3) is 0 Å². The van der Waals surface area contributed by atoms with Crippen LogP contribution in [0.4, 0.5) is 5.69 Å². The molecule has 5 nitrogen and oxygen atoms in total. The molecule has 0 aliphatic carbocycles. The molecule has 90 valence electrons. The summed E-state index contributed by atoms with van der Waals surface area (Å²) < 4.78 is 5.06. The number of carboxylic acids is 1. The molecule has 0 aromatic heterocycles. The highest BCUT2D eigenvalue weighted by Gasteiger charge is 2.35. The van der Waals surface area contributed by atoms with Crippen LogP contribution in [0, 0.1) is 0 Å². The van der Waals surface area contributed by atoms with Crippen LogP contribution in [0.1, 0.15) is 6.92 Å². The normalized spacial score (nSPS) is 22.8. The van der Waals surface area contributed by atoms with E-state index in [2.05, 4.69) is 5.43 Å². The van der Waals surface area contributed by atoms with Crippen molar-refractivity contribution in [1.29, 1.82) is 0 Å². The quantitative estimate of drug-likeness (QED) is 0.827. The number of anilines is 1. The van der Waals surface area contributed by atoms with Gasteiger partial charge >= 0.3 is 5.97 Å². The van der Waals surface area contributed by atoms with E-state index in [0.717, 1.165) is 11.4 Å². The molecular formula is C12H14N2O3. The lowest BCUT2D eigenvalue weighted by Gasteiger charge is -2.24. The number of ether oxygens (including phenoxy) is 1. The van der Waals surface area contributed by atoms with E-state index in [1.165, 1.54) is 0 Å². The number of carboxylic acid groups (broad SMARTS) is 1. The van der Waals surface area contributed by atoms with Crippen LogP contribution in [0.2, 0.25) is 0 Å². The Morgan fingerprint density at radius 1 is 1.41 bits per heavy atom. The van der Waals surface area contributed by atoms with Crippen molar-refractivity contribution < 1.29 is 14.6 Å². The van der Waals surface area contributed by atoms with Crippen LogP contribution >= 0.6 is 0 Å². The number of carbonyl (C=O) groups is 1. The molecule has 1 aliphatic rings. The van der Waals surface area contributed by atoms with Gasteiger partial charge in [-0.2, -0.15) is 0 Å². The molecule has 1 atom stereocenters. The van der Waals surface area contributed by atoms with E-state index in [0.29, 0.717) is 0 Å². The molecular weight excluding hydrogens is 220 g/mol. The third-order valence-corrected chi connectivity index (χ3v) is 2.70. The number of benzene rings is 1. The molecule has 2 rings (SSSR count). The van der Waals surface area contributed by atoms with Crippen molar-refractivity contribution in [3.63, 3.8) is 0 Å². The zero-order valence-electron chi connectivity index (χ0n) is 9.68. The first-order valence-electron chi connectivity index (χ1n) is 5.19. The van der Waals surface area contributed by atoms with Crippen molar-refractivity contribution in [3.05, 3.63) is 36.5 Å². The molecule has 0 spiro atoms. The number of nitrogens with one attached hydrogen (secondary N) is 1. The number of hydrogen-bond donors (Lipinski definition) is 2. The van der Waals surface area contributed by atoms with Crippen molar-refractivity contribution in [2.24, 2.45) is 0 Å². The van der Waals surface area contributed by atoms with E-state index >= 15 is 0 Å². The van der Waals surface area contributed by atoms with Crippen LogP contribution in [-0.4, -0.2) is 23.7 Å². The second kappa shape index (κ2) is 4.10. The molecule has 1 aromatic rings. The van der Waals surface area contributed by atoms with Crippen molar-refractivity contribution >= 4 is 11.7 Å². The highest BCUT2D eigenvalue weighted by atomic mass is 16.5. The van der Waals surface area contributed by atoms with E-state index in [1.54, 1.807) is 31.3 Å². The number of rotatable bonds is 3. The first-order valence-corrected chi connectivity index (χ1v) is 5.19. The van der Waals surface area contributed by atoms with Crippen molar-refractivity contribution in [2.75, 3.05) is 12.1 Å². The third kappa shape index (κ3) is 2.09. The summed E-state index contributed by atoms with van der Waals surface area (Å²) in [5, 5.41) is 10.7. The smallest absolute Gasteiger partial charge is 0.329 e. The van der Waals surface area contributed by atoms with Crippen LogP contribution in [-0.2, 0) is 4.79 Å². The van der Waals surface area contributed by atoms with Crippen LogP contribution in [0.25, 0.3) is 0 Å². The monoisotopic (exact) mass is 234 g/mol. The maximum Gasteiger partial charge on any atom is 0.329 e. The minimum absolute atomic E-state index is 0.762. The minimum atomic E-state index is -1.06. The molecule has 0 radical (unpaired) electrons. The van der Waals surface area contributed by atoms with Crippen LogP contribution in [0.3, 0.4) is 0 Å². The average molecular weight is 234 g/mol. The largest absolute Gasteiger partial charge is 0.497 e. The predicted octanol–water partition coefficient (Wildman–Crippen LogP) is 1.38. The second-order valence-corrected chi connectivity index (χ2v) is 4.00. The molecule has 0 saturated carbocycles. The lowest BCUT2D eigenvalue weighted by Crippen LogP contribution is -2.50. The summed E-state index contributed by atoms with van der Waals surface area (Å²) in [5.41, 5.74) is 2.70. The summed E-state index contributed by atoms with van der Waals surface area (Å²) in [6.07, 6.45) is 3.31. The Morgan fingerprint density at radius 3 is 2.53 bits per heavy atom. The first-order chi connectivity index (χ1) is 8.05. The Labute approximate surface area is 99.3 Å². The molecule has 0 bridgehead atoms. The van der Waals surface area contributed by atoms with E-state index in [4.69, 9.17) is 9.84 Å². The highest BCUT2D eigenvalue weighted by Crippen LogP contribution is 2.23. The van der Waals surface area contributed by atoms with Gasteiger partial charge in [0.15, 0.2) is 5.54 Å². The fourth-order valence-corrected chi connectivity index (χ4v) is 1.56.